The van der Waals surface area contributed by atoms with E-state index in [1.807, 2.05) is 13.8 Å². The van der Waals surface area contributed by atoms with Crippen molar-refractivity contribution in [3.8, 4) is 0 Å². The molecule has 0 spiro atoms. The van der Waals surface area contributed by atoms with Gasteiger partial charge in [-0.2, -0.15) is 0 Å². The molecule has 1 amide bonds. The average Bonchev–Trinajstić information content (AvgIpc) is 2.26. The number of carbonyl (C=O) groups is 2. The number of carboxylic acids is 1. The van der Waals surface area contributed by atoms with E-state index < -0.39 is 12.1 Å². The normalized spacial score (nSPS) is 13.8. The summed E-state index contributed by atoms with van der Waals surface area (Å²) in [5.41, 5.74) is 0. The van der Waals surface area contributed by atoms with Crippen LogP contribution in [0.15, 0.2) is 0 Å². The molecule has 0 fully saturated rings. The molecule has 100 valence electrons. The maximum Gasteiger partial charge on any atom is 0.407 e. The van der Waals surface area contributed by atoms with Crippen molar-refractivity contribution in [3.05, 3.63) is 0 Å². The molecular formula is C12H23NO4. The standard InChI is InChI=1S/C12H23NO4/c1-4-5-6-17-12(16)13-8-9(2)7-10(3)11(14)15/h9-10H,4-8H2,1-3H3,(H,13,16)(H,14,15). The zero-order valence-electron chi connectivity index (χ0n) is 10.9. The minimum Gasteiger partial charge on any atom is -0.481 e. The Hall–Kier alpha value is -1.26. The number of unbranched alkanes of at least 4 members (excludes halogenated alkanes) is 1. The average molecular weight is 245 g/mol. The molecule has 2 N–H and O–H groups in total. The molecule has 0 heterocycles. The van der Waals surface area contributed by atoms with Gasteiger partial charge in [-0.25, -0.2) is 4.79 Å². The van der Waals surface area contributed by atoms with Crippen LogP contribution in [0.2, 0.25) is 0 Å². The Labute approximate surface area is 103 Å². The molecule has 0 aromatic carbocycles. The van der Waals surface area contributed by atoms with Crippen LogP contribution in [0.1, 0.15) is 40.0 Å². The van der Waals surface area contributed by atoms with Crippen molar-refractivity contribution < 1.29 is 19.4 Å². The van der Waals surface area contributed by atoms with Crippen molar-refractivity contribution in [1.29, 1.82) is 0 Å². The van der Waals surface area contributed by atoms with Crippen molar-refractivity contribution in [2.45, 2.75) is 40.0 Å². The van der Waals surface area contributed by atoms with Gasteiger partial charge in [-0.05, 0) is 18.8 Å². The van der Waals surface area contributed by atoms with E-state index in [9.17, 15) is 9.59 Å². The Bertz CT molecular complexity index is 243. The quantitative estimate of drug-likeness (QED) is 0.643. The third-order valence-electron chi connectivity index (χ3n) is 2.50. The van der Waals surface area contributed by atoms with Gasteiger partial charge in [0.15, 0.2) is 0 Å². The topological polar surface area (TPSA) is 75.6 Å². The Morgan fingerprint density at radius 1 is 1.35 bits per heavy atom. The number of alkyl carbamates (subject to hydrolysis) is 1. The summed E-state index contributed by atoms with van der Waals surface area (Å²) in [6.45, 7) is 6.48. The van der Waals surface area contributed by atoms with Gasteiger partial charge >= 0.3 is 12.1 Å². The van der Waals surface area contributed by atoms with Gasteiger partial charge in [0.05, 0.1) is 12.5 Å². The molecule has 0 aliphatic heterocycles. The van der Waals surface area contributed by atoms with Crippen LogP contribution >= 0.6 is 0 Å². The van der Waals surface area contributed by atoms with Gasteiger partial charge in [0.25, 0.3) is 0 Å². The first-order chi connectivity index (χ1) is 7.97. The van der Waals surface area contributed by atoms with Crippen LogP contribution in [0.25, 0.3) is 0 Å². The fourth-order valence-corrected chi connectivity index (χ4v) is 1.41. The summed E-state index contributed by atoms with van der Waals surface area (Å²) >= 11 is 0. The van der Waals surface area contributed by atoms with Gasteiger partial charge in [-0.15, -0.1) is 0 Å². The van der Waals surface area contributed by atoms with Crippen LogP contribution in [0.4, 0.5) is 4.79 Å². The lowest BCUT2D eigenvalue weighted by Gasteiger charge is -2.14. The van der Waals surface area contributed by atoms with Gasteiger partial charge in [0.2, 0.25) is 0 Å². The lowest BCUT2D eigenvalue weighted by molar-refractivity contribution is -0.141. The van der Waals surface area contributed by atoms with Crippen molar-refractivity contribution in [3.63, 3.8) is 0 Å². The van der Waals surface area contributed by atoms with E-state index in [1.54, 1.807) is 6.92 Å². The zero-order valence-corrected chi connectivity index (χ0v) is 10.9. The minimum absolute atomic E-state index is 0.125. The minimum atomic E-state index is -0.803. The first-order valence-electron chi connectivity index (χ1n) is 6.10. The van der Waals surface area contributed by atoms with Crippen molar-refractivity contribution in [2.24, 2.45) is 11.8 Å². The van der Waals surface area contributed by atoms with Gasteiger partial charge in [0, 0.05) is 6.54 Å². The molecule has 0 aliphatic carbocycles. The number of carbonyl (C=O) groups excluding carboxylic acids is 1. The van der Waals surface area contributed by atoms with Gasteiger partial charge in [0.1, 0.15) is 0 Å². The highest BCUT2D eigenvalue weighted by atomic mass is 16.5. The molecule has 5 heteroatoms. The first kappa shape index (κ1) is 15.7. The molecule has 0 aromatic rings. The van der Waals surface area contributed by atoms with Gasteiger partial charge < -0.3 is 15.2 Å². The number of hydrogen-bond acceptors (Lipinski definition) is 3. The Morgan fingerprint density at radius 3 is 2.53 bits per heavy atom. The predicted molar refractivity (Wildman–Crippen MR) is 64.8 cm³/mol. The first-order valence-corrected chi connectivity index (χ1v) is 6.10. The smallest absolute Gasteiger partial charge is 0.407 e. The predicted octanol–water partition coefficient (Wildman–Crippen LogP) is 2.26. The fourth-order valence-electron chi connectivity index (χ4n) is 1.41. The van der Waals surface area contributed by atoms with Gasteiger partial charge in [-0.1, -0.05) is 27.2 Å². The Kier molecular flexibility index (Phi) is 8.19. The number of aliphatic carboxylic acids is 1. The highest BCUT2D eigenvalue weighted by Crippen LogP contribution is 2.10. The van der Waals surface area contributed by atoms with E-state index in [0.29, 0.717) is 19.6 Å². The molecule has 0 rings (SSSR count). The maximum atomic E-state index is 11.2. The summed E-state index contributed by atoms with van der Waals surface area (Å²) in [4.78, 5) is 21.8. The SMILES string of the molecule is CCCCOC(=O)NCC(C)CC(C)C(=O)O. The van der Waals surface area contributed by atoms with Crippen LogP contribution in [-0.2, 0) is 9.53 Å². The van der Waals surface area contributed by atoms with E-state index in [-0.39, 0.29) is 11.8 Å². The number of nitrogens with one attached hydrogen (secondary N) is 1. The molecule has 0 aliphatic rings. The largest absolute Gasteiger partial charge is 0.481 e. The molecule has 0 saturated heterocycles. The monoisotopic (exact) mass is 245 g/mol. The molecular weight excluding hydrogens is 222 g/mol. The fraction of sp³-hybridized carbons (Fsp3) is 0.833. The van der Waals surface area contributed by atoms with E-state index in [0.717, 1.165) is 12.8 Å². The lowest BCUT2D eigenvalue weighted by atomic mass is 9.97. The third-order valence-corrected chi connectivity index (χ3v) is 2.50. The second-order valence-electron chi connectivity index (χ2n) is 4.45. The summed E-state index contributed by atoms with van der Waals surface area (Å²) in [6, 6.07) is 0. The Balaban J connectivity index is 3.65. The lowest BCUT2D eigenvalue weighted by Crippen LogP contribution is -2.30. The highest BCUT2D eigenvalue weighted by Gasteiger charge is 2.15. The van der Waals surface area contributed by atoms with Crippen molar-refractivity contribution in [2.75, 3.05) is 13.2 Å². The van der Waals surface area contributed by atoms with E-state index in [2.05, 4.69) is 5.32 Å². The van der Waals surface area contributed by atoms with Gasteiger partial charge in [-0.3, -0.25) is 4.79 Å². The summed E-state index contributed by atoms with van der Waals surface area (Å²) in [5, 5.41) is 11.4. The second-order valence-corrected chi connectivity index (χ2v) is 4.45. The number of carboxylic acid groups (broad SMARTS) is 1. The van der Waals surface area contributed by atoms with Crippen molar-refractivity contribution in [1.82, 2.24) is 5.32 Å². The van der Waals surface area contributed by atoms with Crippen LogP contribution in [0.3, 0.4) is 0 Å². The maximum absolute atomic E-state index is 11.2. The highest BCUT2D eigenvalue weighted by molar-refractivity contribution is 5.69. The number of hydrogen-bond donors (Lipinski definition) is 2. The Morgan fingerprint density at radius 2 is 2.00 bits per heavy atom. The summed E-state index contributed by atoms with van der Waals surface area (Å²) in [6.07, 6.45) is 1.97. The third kappa shape index (κ3) is 8.54. The van der Waals surface area contributed by atoms with E-state index >= 15 is 0 Å². The molecule has 0 bridgehead atoms. The molecule has 0 radical (unpaired) electrons. The number of amides is 1. The molecule has 5 nitrogen and oxygen atoms in total. The summed E-state index contributed by atoms with van der Waals surface area (Å²) < 4.78 is 4.92. The molecule has 2 unspecified atom stereocenters. The van der Waals surface area contributed by atoms with Crippen LogP contribution in [0.5, 0.6) is 0 Å². The van der Waals surface area contributed by atoms with Crippen molar-refractivity contribution >= 4 is 12.1 Å². The molecule has 17 heavy (non-hydrogen) atoms. The summed E-state index contributed by atoms with van der Waals surface area (Å²) in [7, 11) is 0. The van der Waals surface area contributed by atoms with Crippen LogP contribution in [0, 0.1) is 11.8 Å². The van der Waals surface area contributed by atoms with E-state index in [1.165, 1.54) is 0 Å². The second kappa shape index (κ2) is 8.84. The van der Waals surface area contributed by atoms with E-state index in [4.69, 9.17) is 9.84 Å². The molecule has 2 atom stereocenters. The summed E-state index contributed by atoms with van der Waals surface area (Å²) in [5.74, 6) is -1.06. The zero-order chi connectivity index (χ0) is 13.3. The number of ether oxygens (including phenoxy) is 1. The van der Waals surface area contributed by atoms with Crippen LogP contribution in [-0.4, -0.2) is 30.3 Å². The van der Waals surface area contributed by atoms with Crippen LogP contribution < -0.4 is 5.32 Å². The number of rotatable bonds is 8. The molecule has 0 aromatic heterocycles. The molecule has 0 saturated carbocycles.